The zero-order chi connectivity index (χ0) is 13.5. The zero-order valence-electron chi connectivity index (χ0n) is 10.1. The van der Waals surface area contributed by atoms with Crippen molar-refractivity contribution in [3.8, 4) is 11.8 Å². The molecule has 0 saturated carbocycles. The average molecular weight is 256 g/mol. The molecule has 2 N–H and O–H groups in total. The number of aliphatic hydroxyl groups excluding tert-OH is 1. The van der Waals surface area contributed by atoms with E-state index in [4.69, 9.17) is 5.11 Å². The molecule has 19 heavy (non-hydrogen) atoms. The maximum atomic E-state index is 11.7. The summed E-state index contributed by atoms with van der Waals surface area (Å²) in [4.78, 5) is 11.7. The molecule has 0 aliphatic rings. The minimum atomic E-state index is -0.197. The predicted octanol–water partition coefficient (Wildman–Crippen LogP) is 0.261. The lowest BCUT2D eigenvalue weighted by molar-refractivity contribution is -0.116. The summed E-state index contributed by atoms with van der Waals surface area (Å²) in [5.41, 5.74) is 1.38. The molecule has 0 aliphatic carbocycles. The Morgan fingerprint density at radius 2 is 2.37 bits per heavy atom. The van der Waals surface area contributed by atoms with Gasteiger partial charge in [0, 0.05) is 17.4 Å². The van der Waals surface area contributed by atoms with Crippen LogP contribution in [-0.4, -0.2) is 32.6 Å². The fourth-order valence-corrected chi connectivity index (χ4v) is 1.48. The third kappa shape index (κ3) is 3.94. The quantitative estimate of drug-likeness (QED) is 0.772. The molecule has 1 heterocycles. The first-order chi connectivity index (χ1) is 9.28. The molecule has 2 rings (SSSR count). The van der Waals surface area contributed by atoms with Gasteiger partial charge in [0.1, 0.15) is 13.2 Å². The molecule has 0 saturated heterocycles. The van der Waals surface area contributed by atoms with Crippen molar-refractivity contribution in [1.29, 1.82) is 0 Å². The van der Waals surface area contributed by atoms with Gasteiger partial charge in [-0.25, -0.2) is 4.68 Å². The lowest BCUT2D eigenvalue weighted by Crippen LogP contribution is -2.19. The standard InChI is InChI=1S/C13H12N4O2/c18-8-2-4-11-3-1-5-12(9-11)15-13(19)10-17-7-6-14-16-17/h1,3,5-7,9,18H,8,10H2,(H,15,19). The van der Waals surface area contributed by atoms with E-state index in [0.29, 0.717) is 5.69 Å². The Balaban J connectivity index is 2.00. The second-order valence-corrected chi connectivity index (χ2v) is 3.69. The monoisotopic (exact) mass is 256 g/mol. The molecular formula is C13H12N4O2. The van der Waals surface area contributed by atoms with Crippen molar-refractivity contribution in [2.24, 2.45) is 0 Å². The molecule has 96 valence electrons. The molecule has 2 aromatic rings. The summed E-state index contributed by atoms with van der Waals surface area (Å²) in [6.45, 7) is -0.0879. The van der Waals surface area contributed by atoms with Crippen LogP contribution in [-0.2, 0) is 11.3 Å². The Morgan fingerprint density at radius 3 is 3.11 bits per heavy atom. The highest BCUT2D eigenvalue weighted by Crippen LogP contribution is 2.09. The smallest absolute Gasteiger partial charge is 0.246 e. The van der Waals surface area contributed by atoms with E-state index in [1.54, 1.807) is 30.5 Å². The van der Waals surface area contributed by atoms with Crippen LogP contribution in [0.2, 0.25) is 0 Å². The molecule has 6 nitrogen and oxygen atoms in total. The molecule has 1 aromatic heterocycles. The van der Waals surface area contributed by atoms with Gasteiger partial charge in [0.25, 0.3) is 0 Å². The van der Waals surface area contributed by atoms with Gasteiger partial charge in [-0.3, -0.25) is 4.79 Å². The topological polar surface area (TPSA) is 80.0 Å². The van der Waals surface area contributed by atoms with Crippen LogP contribution < -0.4 is 5.32 Å². The first-order valence-electron chi connectivity index (χ1n) is 5.61. The number of aliphatic hydroxyl groups is 1. The Labute approximate surface area is 110 Å². The van der Waals surface area contributed by atoms with Crippen molar-refractivity contribution < 1.29 is 9.90 Å². The number of hydrogen-bond acceptors (Lipinski definition) is 4. The molecule has 0 aliphatic heterocycles. The lowest BCUT2D eigenvalue weighted by Gasteiger charge is -2.05. The number of benzene rings is 1. The van der Waals surface area contributed by atoms with Crippen molar-refractivity contribution in [1.82, 2.24) is 15.0 Å². The highest BCUT2D eigenvalue weighted by atomic mass is 16.2. The van der Waals surface area contributed by atoms with Crippen LogP contribution in [0.1, 0.15) is 5.56 Å². The van der Waals surface area contributed by atoms with Crippen LogP contribution in [0.3, 0.4) is 0 Å². The second-order valence-electron chi connectivity index (χ2n) is 3.69. The van der Waals surface area contributed by atoms with Crippen LogP contribution in [0.4, 0.5) is 5.69 Å². The molecule has 0 spiro atoms. The second kappa shape index (κ2) is 6.33. The maximum Gasteiger partial charge on any atom is 0.246 e. The van der Waals surface area contributed by atoms with E-state index in [1.807, 2.05) is 0 Å². The summed E-state index contributed by atoms with van der Waals surface area (Å²) >= 11 is 0. The minimum Gasteiger partial charge on any atom is -0.384 e. The number of carbonyl (C=O) groups is 1. The summed E-state index contributed by atoms with van der Waals surface area (Å²) in [5, 5.41) is 18.7. The van der Waals surface area contributed by atoms with Gasteiger partial charge in [-0.1, -0.05) is 23.1 Å². The Bertz CT molecular complexity index is 611. The van der Waals surface area contributed by atoms with Gasteiger partial charge in [-0.05, 0) is 18.2 Å². The van der Waals surface area contributed by atoms with Crippen LogP contribution in [0.15, 0.2) is 36.7 Å². The Kier molecular flexibility index (Phi) is 4.26. The molecule has 0 atom stereocenters. The van der Waals surface area contributed by atoms with Crippen LogP contribution in [0.5, 0.6) is 0 Å². The molecule has 1 aromatic carbocycles. The fraction of sp³-hybridized carbons (Fsp3) is 0.154. The zero-order valence-corrected chi connectivity index (χ0v) is 10.1. The average Bonchev–Trinajstić information content (AvgIpc) is 2.89. The van der Waals surface area contributed by atoms with Crippen molar-refractivity contribution in [3.63, 3.8) is 0 Å². The molecule has 0 radical (unpaired) electrons. The summed E-state index contributed by atoms with van der Waals surface area (Å²) in [6.07, 6.45) is 3.13. The van der Waals surface area contributed by atoms with Gasteiger partial charge in [0.15, 0.2) is 0 Å². The molecule has 0 bridgehead atoms. The highest BCUT2D eigenvalue weighted by molar-refractivity contribution is 5.90. The number of amides is 1. The minimum absolute atomic E-state index is 0.104. The summed E-state index contributed by atoms with van der Waals surface area (Å²) < 4.78 is 1.44. The van der Waals surface area contributed by atoms with E-state index in [2.05, 4.69) is 27.5 Å². The molecule has 0 unspecified atom stereocenters. The first kappa shape index (κ1) is 12.8. The van der Waals surface area contributed by atoms with Crippen LogP contribution in [0.25, 0.3) is 0 Å². The van der Waals surface area contributed by atoms with Crippen molar-refractivity contribution >= 4 is 11.6 Å². The van der Waals surface area contributed by atoms with Gasteiger partial charge in [0.2, 0.25) is 5.91 Å². The summed E-state index contributed by atoms with van der Waals surface area (Å²) in [5.74, 6) is 5.13. The number of anilines is 1. The van der Waals surface area contributed by atoms with E-state index in [9.17, 15) is 4.79 Å². The third-order valence-corrected chi connectivity index (χ3v) is 2.24. The van der Waals surface area contributed by atoms with E-state index in [0.717, 1.165) is 5.56 Å². The van der Waals surface area contributed by atoms with Crippen LogP contribution in [0, 0.1) is 11.8 Å². The first-order valence-corrected chi connectivity index (χ1v) is 5.61. The van der Waals surface area contributed by atoms with Gasteiger partial charge >= 0.3 is 0 Å². The number of rotatable bonds is 3. The number of nitrogens with zero attached hydrogens (tertiary/aromatic N) is 3. The van der Waals surface area contributed by atoms with E-state index in [1.165, 1.54) is 10.9 Å². The van der Waals surface area contributed by atoms with Gasteiger partial charge in [0.05, 0.1) is 6.20 Å². The number of carbonyl (C=O) groups excluding carboxylic acids is 1. The fourth-order valence-electron chi connectivity index (χ4n) is 1.48. The molecular weight excluding hydrogens is 244 g/mol. The van der Waals surface area contributed by atoms with E-state index in [-0.39, 0.29) is 19.1 Å². The van der Waals surface area contributed by atoms with E-state index >= 15 is 0 Å². The third-order valence-electron chi connectivity index (χ3n) is 2.24. The van der Waals surface area contributed by atoms with Crippen LogP contribution >= 0.6 is 0 Å². The van der Waals surface area contributed by atoms with Crippen molar-refractivity contribution in [2.75, 3.05) is 11.9 Å². The molecule has 6 heteroatoms. The predicted molar refractivity (Wildman–Crippen MR) is 69.1 cm³/mol. The Morgan fingerprint density at radius 1 is 1.47 bits per heavy atom. The van der Waals surface area contributed by atoms with Gasteiger partial charge in [-0.15, -0.1) is 5.10 Å². The molecule has 0 fully saturated rings. The van der Waals surface area contributed by atoms with Gasteiger partial charge in [-0.2, -0.15) is 0 Å². The number of nitrogens with one attached hydrogen (secondary N) is 1. The van der Waals surface area contributed by atoms with Gasteiger partial charge < -0.3 is 10.4 Å². The SMILES string of the molecule is O=C(Cn1ccnn1)Nc1cccc(C#CCO)c1. The normalized spacial score (nSPS) is 9.53. The lowest BCUT2D eigenvalue weighted by atomic mass is 10.2. The maximum absolute atomic E-state index is 11.7. The van der Waals surface area contributed by atoms with E-state index < -0.39 is 0 Å². The van der Waals surface area contributed by atoms with Crippen molar-refractivity contribution in [2.45, 2.75) is 6.54 Å². The largest absolute Gasteiger partial charge is 0.384 e. The number of hydrogen-bond donors (Lipinski definition) is 2. The summed E-state index contributed by atoms with van der Waals surface area (Å²) in [6, 6.07) is 7.09. The highest BCUT2D eigenvalue weighted by Gasteiger charge is 2.04. The van der Waals surface area contributed by atoms with Crippen molar-refractivity contribution in [3.05, 3.63) is 42.2 Å². The summed E-state index contributed by atoms with van der Waals surface area (Å²) in [7, 11) is 0. The molecule has 1 amide bonds. The Hall–Kier alpha value is -2.65. The number of aromatic nitrogens is 3.